The van der Waals surface area contributed by atoms with E-state index in [1.54, 1.807) is 6.92 Å². The normalized spacial score (nSPS) is 12.3. The van der Waals surface area contributed by atoms with Crippen molar-refractivity contribution in [3.8, 4) is 5.75 Å². The van der Waals surface area contributed by atoms with E-state index in [2.05, 4.69) is 5.32 Å². The van der Waals surface area contributed by atoms with Crippen LogP contribution in [0.1, 0.15) is 30.6 Å². The summed E-state index contributed by atoms with van der Waals surface area (Å²) in [5, 5.41) is 2.66. The van der Waals surface area contributed by atoms with E-state index in [1.807, 2.05) is 30.3 Å². The van der Waals surface area contributed by atoms with Crippen LogP contribution in [0.15, 0.2) is 54.6 Å². The fourth-order valence-electron chi connectivity index (χ4n) is 2.37. The van der Waals surface area contributed by atoms with Crippen LogP contribution in [0.3, 0.4) is 0 Å². The maximum atomic E-state index is 13.3. The standard InChI is InChI=1S/C19H22F2NO3P/c1-2-24-18(23)22-13-12-17(14-6-4-3-5-7-14)25-16-10-8-15(9-11-16)19(20,21)26/h3-11,17H,2,12-13,26H2,1H3,(H,22,23). The summed E-state index contributed by atoms with van der Waals surface area (Å²) in [5.74, 6) is 0.480. The van der Waals surface area contributed by atoms with Crippen molar-refractivity contribution in [3.63, 3.8) is 0 Å². The lowest BCUT2D eigenvalue weighted by Gasteiger charge is -2.20. The minimum atomic E-state index is -2.97. The number of ether oxygens (including phenoxy) is 2. The van der Waals surface area contributed by atoms with Gasteiger partial charge in [-0.1, -0.05) is 39.6 Å². The largest absolute Gasteiger partial charge is 0.486 e. The van der Waals surface area contributed by atoms with Gasteiger partial charge in [0.2, 0.25) is 0 Å². The molecule has 4 nitrogen and oxygen atoms in total. The first kappa shape index (κ1) is 20.1. The Kier molecular flexibility index (Phi) is 7.34. The molecule has 2 rings (SSSR count). The summed E-state index contributed by atoms with van der Waals surface area (Å²) in [4.78, 5) is 11.4. The molecule has 0 spiro atoms. The Balaban J connectivity index is 2.05. The first-order chi connectivity index (χ1) is 12.4. The van der Waals surface area contributed by atoms with E-state index in [0.717, 1.165) is 5.56 Å². The molecule has 0 saturated carbocycles. The number of carbonyl (C=O) groups is 1. The van der Waals surface area contributed by atoms with Crippen molar-refractivity contribution < 1.29 is 23.0 Å². The van der Waals surface area contributed by atoms with Crippen LogP contribution in [-0.4, -0.2) is 19.2 Å². The molecule has 0 aliphatic rings. The van der Waals surface area contributed by atoms with Crippen molar-refractivity contribution in [1.29, 1.82) is 0 Å². The van der Waals surface area contributed by atoms with Crippen LogP contribution < -0.4 is 10.1 Å². The molecular formula is C19H22F2NO3P. The van der Waals surface area contributed by atoms with Gasteiger partial charge in [-0.3, -0.25) is 0 Å². The molecule has 0 aliphatic carbocycles. The predicted molar refractivity (Wildman–Crippen MR) is 99.5 cm³/mol. The molecule has 2 aromatic rings. The molecule has 0 aromatic heterocycles. The van der Waals surface area contributed by atoms with Gasteiger partial charge in [-0.2, -0.15) is 8.78 Å². The van der Waals surface area contributed by atoms with Gasteiger partial charge in [0.25, 0.3) is 5.66 Å². The highest BCUT2D eigenvalue weighted by Gasteiger charge is 2.24. The summed E-state index contributed by atoms with van der Waals surface area (Å²) < 4.78 is 37.4. The third-order valence-electron chi connectivity index (χ3n) is 3.64. The van der Waals surface area contributed by atoms with Gasteiger partial charge in [-0.25, -0.2) is 4.79 Å². The molecule has 140 valence electrons. The Morgan fingerprint density at radius 1 is 1.15 bits per heavy atom. The van der Waals surface area contributed by atoms with E-state index < -0.39 is 11.8 Å². The number of hydrogen-bond donors (Lipinski definition) is 1. The highest BCUT2D eigenvalue weighted by atomic mass is 31.0. The van der Waals surface area contributed by atoms with Crippen molar-refractivity contribution >= 4 is 15.3 Å². The van der Waals surface area contributed by atoms with Gasteiger partial charge in [0, 0.05) is 18.5 Å². The number of rotatable bonds is 8. The van der Waals surface area contributed by atoms with Gasteiger partial charge in [-0.15, -0.1) is 0 Å². The predicted octanol–water partition coefficient (Wildman–Crippen LogP) is 4.87. The van der Waals surface area contributed by atoms with Gasteiger partial charge in [0.15, 0.2) is 0 Å². The third kappa shape index (κ3) is 6.26. The number of amides is 1. The second-order valence-electron chi connectivity index (χ2n) is 5.60. The third-order valence-corrected chi connectivity index (χ3v) is 3.97. The van der Waals surface area contributed by atoms with Crippen molar-refractivity contribution in [3.05, 3.63) is 65.7 Å². The van der Waals surface area contributed by atoms with Gasteiger partial charge in [0.1, 0.15) is 11.9 Å². The highest BCUT2D eigenvalue weighted by molar-refractivity contribution is 7.17. The van der Waals surface area contributed by atoms with Crippen LogP contribution in [0, 0.1) is 0 Å². The zero-order valence-electron chi connectivity index (χ0n) is 14.5. The molecule has 2 unspecified atom stereocenters. The van der Waals surface area contributed by atoms with Crippen LogP contribution in [-0.2, 0) is 10.4 Å². The number of nitrogens with one attached hydrogen (secondary N) is 1. The second kappa shape index (κ2) is 9.48. The van der Waals surface area contributed by atoms with Crippen LogP contribution >= 0.6 is 9.24 Å². The SMILES string of the molecule is CCOC(=O)NCCC(Oc1ccc(C(F)(F)P)cc1)c1ccccc1. The average molecular weight is 381 g/mol. The summed E-state index contributed by atoms with van der Waals surface area (Å²) >= 11 is 0. The van der Waals surface area contributed by atoms with Gasteiger partial charge >= 0.3 is 6.09 Å². The summed E-state index contributed by atoms with van der Waals surface area (Å²) in [5.41, 5.74) is -2.14. The van der Waals surface area contributed by atoms with Crippen molar-refractivity contribution in [2.45, 2.75) is 25.1 Å². The molecule has 0 fully saturated rings. The monoisotopic (exact) mass is 381 g/mol. The van der Waals surface area contributed by atoms with E-state index in [0.29, 0.717) is 25.3 Å². The fourth-order valence-corrected chi connectivity index (χ4v) is 2.56. The number of halogens is 2. The van der Waals surface area contributed by atoms with Crippen molar-refractivity contribution in [2.75, 3.05) is 13.2 Å². The maximum Gasteiger partial charge on any atom is 0.407 e. The number of benzene rings is 2. The van der Waals surface area contributed by atoms with Crippen molar-refractivity contribution in [2.24, 2.45) is 0 Å². The Morgan fingerprint density at radius 2 is 1.81 bits per heavy atom. The minimum Gasteiger partial charge on any atom is -0.486 e. The van der Waals surface area contributed by atoms with E-state index in [4.69, 9.17) is 9.47 Å². The van der Waals surface area contributed by atoms with E-state index in [9.17, 15) is 13.6 Å². The lowest BCUT2D eigenvalue weighted by molar-refractivity contribution is 0.104. The maximum absolute atomic E-state index is 13.3. The molecule has 2 atom stereocenters. The van der Waals surface area contributed by atoms with Crippen LogP contribution in [0.25, 0.3) is 0 Å². The number of hydrogen-bond acceptors (Lipinski definition) is 3. The molecule has 0 radical (unpaired) electrons. The lowest BCUT2D eigenvalue weighted by Crippen LogP contribution is -2.27. The zero-order valence-corrected chi connectivity index (χ0v) is 15.6. The summed E-state index contributed by atoms with van der Waals surface area (Å²) in [6.45, 7) is 2.40. The molecule has 1 N–H and O–H groups in total. The Labute approximate surface area is 154 Å². The molecule has 0 heterocycles. The van der Waals surface area contributed by atoms with E-state index in [-0.39, 0.29) is 11.7 Å². The Morgan fingerprint density at radius 3 is 2.38 bits per heavy atom. The van der Waals surface area contributed by atoms with Crippen molar-refractivity contribution in [1.82, 2.24) is 5.32 Å². The first-order valence-corrected chi connectivity index (χ1v) is 8.87. The van der Waals surface area contributed by atoms with Crippen LogP contribution in [0.4, 0.5) is 13.6 Å². The van der Waals surface area contributed by atoms with Crippen LogP contribution in [0.2, 0.25) is 0 Å². The minimum absolute atomic E-state index is 0.102. The zero-order chi connectivity index (χ0) is 19.0. The molecule has 0 saturated heterocycles. The number of alkyl carbamates (subject to hydrolysis) is 1. The highest BCUT2D eigenvalue weighted by Crippen LogP contribution is 2.36. The van der Waals surface area contributed by atoms with Gasteiger partial charge in [-0.05, 0) is 36.8 Å². The fraction of sp³-hybridized carbons (Fsp3) is 0.316. The lowest BCUT2D eigenvalue weighted by atomic mass is 10.1. The average Bonchev–Trinajstić information content (AvgIpc) is 2.61. The quantitative estimate of drug-likeness (QED) is 0.664. The Hall–Kier alpha value is -2.20. The second-order valence-corrected chi connectivity index (χ2v) is 6.33. The van der Waals surface area contributed by atoms with Gasteiger partial charge in [0.05, 0.1) is 6.61 Å². The summed E-state index contributed by atoms with van der Waals surface area (Å²) in [6, 6.07) is 15.2. The number of alkyl halides is 2. The number of carbonyl (C=O) groups excluding carboxylic acids is 1. The van der Waals surface area contributed by atoms with Gasteiger partial charge < -0.3 is 14.8 Å². The Bertz CT molecular complexity index is 690. The summed E-state index contributed by atoms with van der Waals surface area (Å²) in [6.07, 6.45) is -0.309. The molecular weight excluding hydrogens is 359 g/mol. The molecule has 2 aromatic carbocycles. The molecule has 0 bridgehead atoms. The molecule has 26 heavy (non-hydrogen) atoms. The van der Waals surface area contributed by atoms with E-state index >= 15 is 0 Å². The van der Waals surface area contributed by atoms with E-state index in [1.165, 1.54) is 33.5 Å². The smallest absolute Gasteiger partial charge is 0.407 e. The topological polar surface area (TPSA) is 47.6 Å². The first-order valence-electron chi connectivity index (χ1n) is 8.29. The molecule has 1 amide bonds. The molecule has 7 heteroatoms. The molecule has 0 aliphatic heterocycles. The van der Waals surface area contributed by atoms with Crippen LogP contribution in [0.5, 0.6) is 5.75 Å². The summed E-state index contributed by atoms with van der Waals surface area (Å²) in [7, 11) is 1.51.